The van der Waals surface area contributed by atoms with Crippen LogP contribution < -0.4 is 15.4 Å². The van der Waals surface area contributed by atoms with Crippen molar-refractivity contribution >= 4 is 34.8 Å². The van der Waals surface area contributed by atoms with Crippen molar-refractivity contribution in [2.75, 3.05) is 10.6 Å². The summed E-state index contributed by atoms with van der Waals surface area (Å²) < 4.78 is 5.65. The number of ether oxygens (including phenoxy) is 1. The topological polar surface area (TPSA) is 91.2 Å². The number of rotatable bonds is 6. The molecule has 0 saturated heterocycles. The van der Waals surface area contributed by atoms with Gasteiger partial charge in [0.1, 0.15) is 5.75 Å². The van der Waals surface area contributed by atoms with E-state index in [0.717, 1.165) is 0 Å². The van der Waals surface area contributed by atoms with E-state index in [-0.39, 0.29) is 11.8 Å². The third-order valence-corrected chi connectivity index (χ3v) is 4.40. The molecule has 3 rings (SSSR count). The number of nitrogens with zero attached hydrogens (tertiary/aromatic N) is 1. The van der Waals surface area contributed by atoms with Crippen LogP contribution in [0.5, 0.6) is 5.75 Å². The van der Waals surface area contributed by atoms with Crippen LogP contribution in [0, 0.1) is 11.3 Å². The van der Waals surface area contributed by atoms with Crippen LogP contribution in [-0.2, 0) is 4.79 Å². The molecule has 0 fully saturated rings. The predicted molar refractivity (Wildman–Crippen MR) is 116 cm³/mol. The van der Waals surface area contributed by atoms with E-state index in [1.807, 2.05) is 6.07 Å². The summed E-state index contributed by atoms with van der Waals surface area (Å²) in [4.78, 5) is 24.6. The van der Waals surface area contributed by atoms with Crippen LogP contribution >= 0.6 is 11.6 Å². The molecule has 150 valence electrons. The molecule has 0 bridgehead atoms. The summed E-state index contributed by atoms with van der Waals surface area (Å²) in [6, 6.07) is 21.9. The zero-order chi connectivity index (χ0) is 21.5. The van der Waals surface area contributed by atoms with Crippen molar-refractivity contribution in [1.82, 2.24) is 0 Å². The van der Waals surface area contributed by atoms with Gasteiger partial charge in [-0.25, -0.2) is 0 Å². The first-order valence-corrected chi connectivity index (χ1v) is 9.47. The zero-order valence-electron chi connectivity index (χ0n) is 16.1. The Balaban J connectivity index is 1.56. The van der Waals surface area contributed by atoms with E-state index in [1.165, 1.54) is 0 Å². The molecule has 1 atom stereocenters. The highest BCUT2D eigenvalue weighted by atomic mass is 35.5. The van der Waals surface area contributed by atoms with Gasteiger partial charge >= 0.3 is 0 Å². The van der Waals surface area contributed by atoms with E-state index in [0.29, 0.717) is 33.3 Å². The minimum absolute atomic E-state index is 0.282. The highest BCUT2D eigenvalue weighted by Crippen LogP contribution is 2.18. The predicted octanol–water partition coefficient (Wildman–Crippen LogP) is 4.87. The number of benzene rings is 3. The summed E-state index contributed by atoms with van der Waals surface area (Å²) >= 11 is 5.92. The highest BCUT2D eigenvalue weighted by Gasteiger charge is 2.15. The fraction of sp³-hybridized carbons (Fsp3) is 0.0870. The van der Waals surface area contributed by atoms with Crippen LogP contribution in [0.3, 0.4) is 0 Å². The first-order chi connectivity index (χ1) is 14.4. The Bertz CT molecular complexity index is 1090. The van der Waals surface area contributed by atoms with E-state index in [4.69, 9.17) is 21.6 Å². The van der Waals surface area contributed by atoms with Gasteiger partial charge in [-0.15, -0.1) is 0 Å². The number of nitriles is 1. The van der Waals surface area contributed by atoms with Crippen molar-refractivity contribution in [3.05, 3.63) is 88.9 Å². The second-order valence-corrected chi connectivity index (χ2v) is 6.86. The van der Waals surface area contributed by atoms with Gasteiger partial charge < -0.3 is 15.4 Å². The van der Waals surface area contributed by atoms with E-state index in [2.05, 4.69) is 10.6 Å². The van der Waals surface area contributed by atoms with Crippen LogP contribution in [0.15, 0.2) is 72.8 Å². The maximum absolute atomic E-state index is 12.3. The zero-order valence-corrected chi connectivity index (χ0v) is 16.8. The number of halogens is 1. The summed E-state index contributed by atoms with van der Waals surface area (Å²) in [6.45, 7) is 1.62. The molecule has 30 heavy (non-hydrogen) atoms. The first-order valence-electron chi connectivity index (χ1n) is 9.09. The van der Waals surface area contributed by atoms with Gasteiger partial charge in [0.25, 0.3) is 11.8 Å². The molecule has 0 aromatic heterocycles. The number of amides is 2. The number of hydrogen-bond donors (Lipinski definition) is 2. The lowest BCUT2D eigenvalue weighted by Crippen LogP contribution is -2.30. The van der Waals surface area contributed by atoms with Crippen molar-refractivity contribution in [2.45, 2.75) is 13.0 Å². The molecular weight excluding hydrogens is 402 g/mol. The number of nitrogens with one attached hydrogen (secondary N) is 2. The lowest BCUT2D eigenvalue weighted by Gasteiger charge is -2.15. The molecule has 3 aromatic rings. The van der Waals surface area contributed by atoms with Crippen LogP contribution in [0.2, 0.25) is 5.02 Å². The summed E-state index contributed by atoms with van der Waals surface area (Å²) in [7, 11) is 0. The largest absolute Gasteiger partial charge is 0.481 e. The maximum atomic E-state index is 12.3. The molecule has 2 amide bonds. The third-order valence-electron chi connectivity index (χ3n) is 4.16. The SMILES string of the molecule is C[C@H](Oc1ccc(C(=O)Nc2cccc(Cl)c2)cc1)C(=O)Nc1ccc(C#N)cc1. The smallest absolute Gasteiger partial charge is 0.265 e. The van der Waals surface area contributed by atoms with Crippen molar-refractivity contribution in [3.8, 4) is 11.8 Å². The minimum atomic E-state index is -0.758. The van der Waals surface area contributed by atoms with Crippen molar-refractivity contribution in [1.29, 1.82) is 5.26 Å². The molecule has 6 nitrogen and oxygen atoms in total. The lowest BCUT2D eigenvalue weighted by molar-refractivity contribution is -0.122. The Kier molecular flexibility index (Phi) is 6.68. The maximum Gasteiger partial charge on any atom is 0.265 e. The van der Waals surface area contributed by atoms with E-state index >= 15 is 0 Å². The van der Waals surface area contributed by atoms with Gasteiger partial charge in [-0.3, -0.25) is 9.59 Å². The van der Waals surface area contributed by atoms with Crippen LogP contribution in [-0.4, -0.2) is 17.9 Å². The van der Waals surface area contributed by atoms with E-state index in [1.54, 1.807) is 79.7 Å². The van der Waals surface area contributed by atoms with Crippen molar-refractivity contribution < 1.29 is 14.3 Å². The molecule has 0 aliphatic carbocycles. The Morgan fingerprint density at radius 1 is 0.967 bits per heavy atom. The summed E-state index contributed by atoms with van der Waals surface area (Å²) in [6.07, 6.45) is -0.758. The second-order valence-electron chi connectivity index (χ2n) is 6.43. The monoisotopic (exact) mass is 419 g/mol. The molecule has 0 heterocycles. The molecule has 0 saturated carbocycles. The Morgan fingerprint density at radius 3 is 2.30 bits per heavy atom. The van der Waals surface area contributed by atoms with Crippen molar-refractivity contribution in [3.63, 3.8) is 0 Å². The number of hydrogen-bond acceptors (Lipinski definition) is 4. The van der Waals surface area contributed by atoms with Crippen LogP contribution in [0.4, 0.5) is 11.4 Å². The molecule has 0 unspecified atom stereocenters. The molecule has 7 heteroatoms. The first kappa shape index (κ1) is 20.9. The Hall–Kier alpha value is -3.82. The molecule has 0 radical (unpaired) electrons. The van der Waals surface area contributed by atoms with Gasteiger partial charge in [0.2, 0.25) is 0 Å². The third kappa shape index (κ3) is 5.60. The number of anilines is 2. The standard InChI is InChI=1S/C23H18ClN3O3/c1-15(22(28)26-19-9-5-16(14-25)6-10-19)30-21-11-7-17(8-12-21)23(29)27-20-4-2-3-18(24)13-20/h2-13,15H,1H3,(H,26,28)(H,27,29)/t15-/m0/s1. The highest BCUT2D eigenvalue weighted by molar-refractivity contribution is 6.31. The van der Waals surface area contributed by atoms with Crippen molar-refractivity contribution in [2.24, 2.45) is 0 Å². The molecule has 0 aliphatic rings. The van der Waals surface area contributed by atoms with Gasteiger partial charge in [-0.1, -0.05) is 17.7 Å². The molecule has 0 aliphatic heterocycles. The summed E-state index contributed by atoms with van der Waals surface area (Å²) in [5.41, 5.74) is 2.12. The Morgan fingerprint density at radius 2 is 1.67 bits per heavy atom. The van der Waals surface area contributed by atoms with Gasteiger partial charge in [0.05, 0.1) is 11.6 Å². The molecule has 0 spiro atoms. The average molecular weight is 420 g/mol. The minimum Gasteiger partial charge on any atom is -0.481 e. The normalized spacial score (nSPS) is 11.1. The van der Waals surface area contributed by atoms with Gasteiger partial charge in [-0.2, -0.15) is 5.26 Å². The second kappa shape index (κ2) is 9.59. The fourth-order valence-electron chi connectivity index (χ4n) is 2.58. The average Bonchev–Trinajstić information content (AvgIpc) is 2.74. The van der Waals surface area contributed by atoms with Gasteiger partial charge in [-0.05, 0) is 73.7 Å². The van der Waals surface area contributed by atoms with Crippen LogP contribution in [0.1, 0.15) is 22.8 Å². The van der Waals surface area contributed by atoms with Gasteiger partial charge in [0, 0.05) is 22.0 Å². The lowest BCUT2D eigenvalue weighted by atomic mass is 10.2. The number of carbonyl (C=O) groups is 2. The van der Waals surface area contributed by atoms with E-state index < -0.39 is 6.10 Å². The molecule has 2 N–H and O–H groups in total. The fourth-order valence-corrected chi connectivity index (χ4v) is 2.77. The quantitative estimate of drug-likeness (QED) is 0.596. The summed E-state index contributed by atoms with van der Waals surface area (Å²) in [5, 5.41) is 14.8. The summed E-state index contributed by atoms with van der Waals surface area (Å²) in [5.74, 6) is -0.158. The Labute approximate surface area is 179 Å². The molecule has 3 aromatic carbocycles. The van der Waals surface area contributed by atoms with E-state index in [9.17, 15) is 9.59 Å². The van der Waals surface area contributed by atoms with Gasteiger partial charge in [0.15, 0.2) is 6.10 Å². The molecular formula is C23H18ClN3O3. The number of carbonyl (C=O) groups excluding carboxylic acids is 2. The van der Waals surface area contributed by atoms with Crippen LogP contribution in [0.25, 0.3) is 0 Å².